The second-order valence-corrected chi connectivity index (χ2v) is 3.31. The Hall–Kier alpha value is -1.57. The first-order valence-corrected chi connectivity index (χ1v) is 5.10. The number of rotatable bonds is 5. The van der Waals surface area contributed by atoms with Crippen molar-refractivity contribution in [3.63, 3.8) is 0 Å². The Kier molecular flexibility index (Phi) is 4.61. The van der Waals surface area contributed by atoms with Gasteiger partial charge in [0, 0.05) is 0 Å². The van der Waals surface area contributed by atoms with Gasteiger partial charge in [0.15, 0.2) is 0 Å². The maximum Gasteiger partial charge on any atom is 0.143 e. The van der Waals surface area contributed by atoms with Crippen LogP contribution in [0.3, 0.4) is 0 Å². The van der Waals surface area contributed by atoms with E-state index in [4.69, 9.17) is 4.74 Å². The normalized spacial score (nSPS) is 11.2. The molecule has 1 aromatic rings. The SMILES string of the molecule is CCCC(=CC=O)c1ccc(OC)cc1. The number of methoxy groups -OCH3 is 1. The molecule has 0 atom stereocenters. The molecule has 0 bridgehead atoms. The van der Waals surface area contributed by atoms with Crippen LogP contribution in [0.2, 0.25) is 0 Å². The van der Waals surface area contributed by atoms with Crippen molar-refractivity contribution in [2.45, 2.75) is 19.8 Å². The fraction of sp³-hybridized carbons (Fsp3) is 0.308. The number of aldehydes is 1. The second kappa shape index (κ2) is 6.02. The maximum atomic E-state index is 10.5. The van der Waals surface area contributed by atoms with Crippen LogP contribution < -0.4 is 4.74 Å². The molecule has 2 nitrogen and oxygen atoms in total. The lowest BCUT2D eigenvalue weighted by atomic mass is 10.0. The summed E-state index contributed by atoms with van der Waals surface area (Å²) in [5, 5.41) is 0. The predicted octanol–water partition coefficient (Wildman–Crippen LogP) is 3.08. The average molecular weight is 204 g/mol. The molecule has 0 spiro atoms. The summed E-state index contributed by atoms with van der Waals surface area (Å²) in [6.07, 6.45) is 4.43. The van der Waals surface area contributed by atoms with Gasteiger partial charge in [-0.05, 0) is 35.8 Å². The van der Waals surface area contributed by atoms with Crippen LogP contribution >= 0.6 is 0 Å². The van der Waals surface area contributed by atoms with Crippen molar-refractivity contribution < 1.29 is 9.53 Å². The maximum absolute atomic E-state index is 10.5. The molecule has 15 heavy (non-hydrogen) atoms. The summed E-state index contributed by atoms with van der Waals surface area (Å²) >= 11 is 0. The van der Waals surface area contributed by atoms with Crippen molar-refractivity contribution in [3.8, 4) is 5.75 Å². The molecule has 0 unspecified atom stereocenters. The lowest BCUT2D eigenvalue weighted by Gasteiger charge is -2.06. The van der Waals surface area contributed by atoms with Gasteiger partial charge in [0.25, 0.3) is 0 Å². The van der Waals surface area contributed by atoms with E-state index in [2.05, 4.69) is 6.92 Å². The molecule has 80 valence electrons. The number of carbonyl (C=O) groups is 1. The Bertz CT molecular complexity index is 336. The van der Waals surface area contributed by atoms with Gasteiger partial charge in [-0.1, -0.05) is 25.5 Å². The van der Waals surface area contributed by atoms with Crippen LogP contribution in [0.15, 0.2) is 30.3 Å². The molecule has 0 heterocycles. The van der Waals surface area contributed by atoms with Gasteiger partial charge >= 0.3 is 0 Å². The Labute approximate surface area is 90.6 Å². The summed E-state index contributed by atoms with van der Waals surface area (Å²) in [7, 11) is 1.64. The van der Waals surface area contributed by atoms with Crippen molar-refractivity contribution in [2.75, 3.05) is 7.11 Å². The minimum absolute atomic E-state index is 0.834. The summed E-state index contributed by atoms with van der Waals surface area (Å²) in [5.41, 5.74) is 2.17. The topological polar surface area (TPSA) is 26.3 Å². The van der Waals surface area contributed by atoms with Crippen LogP contribution in [-0.2, 0) is 4.79 Å². The van der Waals surface area contributed by atoms with Crippen LogP contribution in [0.1, 0.15) is 25.3 Å². The monoisotopic (exact) mass is 204 g/mol. The van der Waals surface area contributed by atoms with Crippen LogP contribution in [0.5, 0.6) is 5.75 Å². The zero-order valence-corrected chi connectivity index (χ0v) is 9.19. The summed E-state index contributed by atoms with van der Waals surface area (Å²) in [6, 6.07) is 7.76. The number of hydrogen-bond acceptors (Lipinski definition) is 2. The average Bonchev–Trinajstić information content (AvgIpc) is 2.29. The van der Waals surface area contributed by atoms with E-state index in [1.54, 1.807) is 13.2 Å². The van der Waals surface area contributed by atoms with E-state index < -0.39 is 0 Å². The molecule has 0 fully saturated rings. The molecular formula is C13H16O2. The van der Waals surface area contributed by atoms with Crippen LogP contribution in [0.25, 0.3) is 5.57 Å². The highest BCUT2D eigenvalue weighted by molar-refractivity contribution is 5.81. The first-order valence-electron chi connectivity index (χ1n) is 5.10. The summed E-state index contributed by atoms with van der Waals surface area (Å²) < 4.78 is 5.08. The third kappa shape index (κ3) is 3.24. The van der Waals surface area contributed by atoms with Gasteiger partial charge < -0.3 is 4.74 Å². The summed E-state index contributed by atoms with van der Waals surface area (Å²) in [5.74, 6) is 0.834. The summed E-state index contributed by atoms with van der Waals surface area (Å²) in [4.78, 5) is 10.5. The van der Waals surface area contributed by atoms with Crippen molar-refractivity contribution in [1.29, 1.82) is 0 Å². The van der Waals surface area contributed by atoms with E-state index in [1.807, 2.05) is 24.3 Å². The van der Waals surface area contributed by atoms with Gasteiger partial charge in [-0.2, -0.15) is 0 Å². The van der Waals surface area contributed by atoms with Crippen LogP contribution in [0, 0.1) is 0 Å². The van der Waals surface area contributed by atoms with Crippen LogP contribution in [-0.4, -0.2) is 13.4 Å². The first kappa shape index (κ1) is 11.5. The fourth-order valence-electron chi connectivity index (χ4n) is 1.48. The number of hydrogen-bond donors (Lipinski definition) is 0. The molecule has 0 saturated heterocycles. The fourth-order valence-corrected chi connectivity index (χ4v) is 1.48. The van der Waals surface area contributed by atoms with Crippen LogP contribution in [0.4, 0.5) is 0 Å². The lowest BCUT2D eigenvalue weighted by molar-refractivity contribution is -0.104. The van der Waals surface area contributed by atoms with Gasteiger partial charge in [0.2, 0.25) is 0 Å². The molecule has 2 heteroatoms. The molecule has 1 rings (SSSR count). The van der Waals surface area contributed by atoms with Gasteiger partial charge in [-0.15, -0.1) is 0 Å². The highest BCUT2D eigenvalue weighted by atomic mass is 16.5. The number of ether oxygens (including phenoxy) is 1. The third-order valence-electron chi connectivity index (χ3n) is 2.25. The molecule has 0 N–H and O–H groups in total. The van der Waals surface area contributed by atoms with Crippen molar-refractivity contribution in [2.24, 2.45) is 0 Å². The molecule has 0 saturated carbocycles. The van der Waals surface area contributed by atoms with E-state index in [9.17, 15) is 4.79 Å². The quantitative estimate of drug-likeness (QED) is 0.544. The molecule has 0 aliphatic heterocycles. The van der Waals surface area contributed by atoms with Crippen molar-refractivity contribution in [3.05, 3.63) is 35.9 Å². The van der Waals surface area contributed by atoms with E-state index in [1.165, 1.54) is 0 Å². The Balaban J connectivity index is 2.91. The lowest BCUT2D eigenvalue weighted by Crippen LogP contribution is -1.87. The molecule has 1 aromatic carbocycles. The smallest absolute Gasteiger partial charge is 0.143 e. The minimum atomic E-state index is 0.834. The second-order valence-electron chi connectivity index (χ2n) is 3.31. The van der Waals surface area contributed by atoms with Crippen molar-refractivity contribution in [1.82, 2.24) is 0 Å². The predicted molar refractivity (Wildman–Crippen MR) is 61.9 cm³/mol. The van der Waals surface area contributed by atoms with Gasteiger partial charge in [-0.3, -0.25) is 4.79 Å². The standard InChI is InChI=1S/C13H16O2/c1-3-4-11(9-10-14)12-5-7-13(15-2)8-6-12/h5-10H,3-4H2,1-2H3. The van der Waals surface area contributed by atoms with Gasteiger partial charge in [0.05, 0.1) is 7.11 Å². The highest BCUT2D eigenvalue weighted by Crippen LogP contribution is 2.21. The highest BCUT2D eigenvalue weighted by Gasteiger charge is 2.00. The number of carbonyl (C=O) groups excluding carboxylic acids is 1. The molecule has 0 aliphatic rings. The van der Waals surface area contributed by atoms with E-state index in [-0.39, 0.29) is 0 Å². The summed E-state index contributed by atoms with van der Waals surface area (Å²) in [6.45, 7) is 2.10. The number of allylic oxidation sites excluding steroid dienone is 2. The number of benzene rings is 1. The van der Waals surface area contributed by atoms with Gasteiger partial charge in [-0.25, -0.2) is 0 Å². The molecular weight excluding hydrogens is 188 g/mol. The minimum Gasteiger partial charge on any atom is -0.497 e. The molecule has 0 aliphatic carbocycles. The van der Waals surface area contributed by atoms with Gasteiger partial charge in [0.1, 0.15) is 12.0 Å². The zero-order valence-electron chi connectivity index (χ0n) is 9.19. The van der Waals surface area contributed by atoms with Crippen molar-refractivity contribution >= 4 is 11.9 Å². The molecule has 0 aromatic heterocycles. The van der Waals surface area contributed by atoms with E-state index in [0.717, 1.165) is 36.0 Å². The molecule has 0 radical (unpaired) electrons. The van der Waals surface area contributed by atoms with E-state index >= 15 is 0 Å². The Morgan fingerprint density at radius 2 is 2.00 bits per heavy atom. The first-order chi connectivity index (χ1) is 7.31. The Morgan fingerprint density at radius 3 is 2.47 bits per heavy atom. The largest absolute Gasteiger partial charge is 0.497 e. The van der Waals surface area contributed by atoms with E-state index in [0.29, 0.717) is 0 Å². The Morgan fingerprint density at radius 1 is 1.33 bits per heavy atom. The zero-order chi connectivity index (χ0) is 11.1. The third-order valence-corrected chi connectivity index (χ3v) is 2.25. The molecule has 0 amide bonds.